The Hall–Kier alpha value is -2.41. The Morgan fingerprint density at radius 1 is 1.27 bits per heavy atom. The molecule has 1 aliphatic carbocycles. The zero-order valence-corrected chi connectivity index (χ0v) is 15.0. The van der Waals surface area contributed by atoms with Crippen molar-refractivity contribution >= 4 is 23.5 Å². The Morgan fingerprint density at radius 3 is 2.62 bits per heavy atom. The van der Waals surface area contributed by atoms with Gasteiger partial charge in [-0.1, -0.05) is 16.8 Å². The second kappa shape index (κ2) is 7.86. The summed E-state index contributed by atoms with van der Waals surface area (Å²) in [6, 6.07) is 7.13. The molecule has 0 atom stereocenters. The molecule has 0 bridgehead atoms. The number of carbonyl (C=O) groups is 2. The SMILES string of the molecule is O=C(O)CC1(NC(=O)CCCc2nc(-c3ccc(Cl)cc3)no2)CCC1. The van der Waals surface area contributed by atoms with Gasteiger partial charge in [0, 0.05) is 23.4 Å². The number of benzene rings is 1. The van der Waals surface area contributed by atoms with Crippen LogP contribution in [0.4, 0.5) is 0 Å². The van der Waals surface area contributed by atoms with Crippen LogP contribution in [0.2, 0.25) is 5.02 Å². The number of carbonyl (C=O) groups excluding carboxylic acids is 1. The molecule has 2 aromatic rings. The van der Waals surface area contributed by atoms with Crippen molar-refractivity contribution in [3.63, 3.8) is 0 Å². The quantitative estimate of drug-likeness (QED) is 0.731. The normalized spacial score (nSPS) is 15.3. The van der Waals surface area contributed by atoms with E-state index in [1.54, 1.807) is 12.1 Å². The lowest BCUT2D eigenvalue weighted by atomic mass is 9.74. The molecule has 0 unspecified atom stereocenters. The van der Waals surface area contributed by atoms with E-state index in [4.69, 9.17) is 21.2 Å². The van der Waals surface area contributed by atoms with Crippen LogP contribution in [0, 0.1) is 0 Å². The van der Waals surface area contributed by atoms with Crippen molar-refractivity contribution in [2.75, 3.05) is 0 Å². The van der Waals surface area contributed by atoms with E-state index in [0.717, 1.165) is 24.8 Å². The lowest BCUT2D eigenvalue weighted by Crippen LogP contribution is -2.54. The van der Waals surface area contributed by atoms with Crippen LogP contribution in [0.15, 0.2) is 28.8 Å². The lowest BCUT2D eigenvalue weighted by molar-refractivity contribution is -0.140. The second-order valence-electron chi connectivity index (χ2n) is 6.62. The average Bonchev–Trinajstić information content (AvgIpc) is 3.02. The van der Waals surface area contributed by atoms with Gasteiger partial charge in [0.1, 0.15) is 0 Å². The van der Waals surface area contributed by atoms with Crippen molar-refractivity contribution in [2.45, 2.75) is 50.5 Å². The maximum Gasteiger partial charge on any atom is 0.305 e. The molecule has 1 heterocycles. The van der Waals surface area contributed by atoms with Gasteiger partial charge in [-0.15, -0.1) is 0 Å². The molecular formula is C18H20ClN3O4. The summed E-state index contributed by atoms with van der Waals surface area (Å²) in [5.41, 5.74) is 0.248. The van der Waals surface area contributed by atoms with Crippen molar-refractivity contribution in [2.24, 2.45) is 0 Å². The average molecular weight is 378 g/mol. The van der Waals surface area contributed by atoms with Crippen LogP contribution in [-0.2, 0) is 16.0 Å². The number of amides is 1. The molecule has 0 spiro atoms. The molecule has 2 N–H and O–H groups in total. The number of hydrogen-bond acceptors (Lipinski definition) is 5. The summed E-state index contributed by atoms with van der Waals surface area (Å²) >= 11 is 5.86. The molecule has 7 nitrogen and oxygen atoms in total. The number of halogens is 1. The molecule has 0 aliphatic heterocycles. The Bertz CT molecular complexity index is 784. The van der Waals surface area contributed by atoms with Gasteiger partial charge in [-0.05, 0) is 49.9 Å². The molecular weight excluding hydrogens is 358 g/mol. The summed E-state index contributed by atoms with van der Waals surface area (Å²) in [6.07, 6.45) is 3.70. The lowest BCUT2D eigenvalue weighted by Gasteiger charge is -2.41. The molecule has 1 fully saturated rings. The smallest absolute Gasteiger partial charge is 0.305 e. The largest absolute Gasteiger partial charge is 0.481 e. The fraction of sp³-hybridized carbons (Fsp3) is 0.444. The molecule has 1 saturated carbocycles. The fourth-order valence-corrected chi connectivity index (χ4v) is 3.20. The third-order valence-electron chi connectivity index (χ3n) is 4.57. The number of aromatic nitrogens is 2. The number of rotatable bonds is 8. The first-order valence-corrected chi connectivity index (χ1v) is 8.95. The zero-order chi connectivity index (χ0) is 18.6. The molecule has 0 radical (unpaired) electrons. The molecule has 1 aromatic heterocycles. The molecule has 0 saturated heterocycles. The Kier molecular flexibility index (Phi) is 5.56. The minimum Gasteiger partial charge on any atom is -0.481 e. The first kappa shape index (κ1) is 18.4. The standard InChI is InChI=1S/C18H20ClN3O4/c19-13-7-5-12(6-8-13)17-20-15(26-22-17)4-1-3-14(23)21-18(9-2-10-18)11-16(24)25/h5-8H,1-4,9-11H2,(H,21,23)(H,24,25). The number of carboxylic acid groups (broad SMARTS) is 1. The number of nitrogens with one attached hydrogen (secondary N) is 1. The molecule has 1 amide bonds. The Labute approximate surface area is 155 Å². The fourth-order valence-electron chi connectivity index (χ4n) is 3.07. The molecule has 1 aliphatic rings. The maximum absolute atomic E-state index is 12.1. The van der Waals surface area contributed by atoms with Crippen LogP contribution in [0.3, 0.4) is 0 Å². The van der Waals surface area contributed by atoms with Gasteiger partial charge in [0.2, 0.25) is 17.6 Å². The third-order valence-corrected chi connectivity index (χ3v) is 4.82. The summed E-state index contributed by atoms with van der Waals surface area (Å²) in [7, 11) is 0. The van der Waals surface area contributed by atoms with Gasteiger partial charge in [-0.25, -0.2) is 0 Å². The molecule has 138 valence electrons. The number of hydrogen-bond donors (Lipinski definition) is 2. The minimum atomic E-state index is -0.884. The van der Waals surface area contributed by atoms with Crippen LogP contribution < -0.4 is 5.32 Å². The van der Waals surface area contributed by atoms with Gasteiger partial charge in [0.25, 0.3) is 0 Å². The van der Waals surface area contributed by atoms with E-state index in [-0.39, 0.29) is 12.3 Å². The summed E-state index contributed by atoms with van der Waals surface area (Å²) < 4.78 is 5.21. The summed E-state index contributed by atoms with van der Waals surface area (Å²) in [6.45, 7) is 0. The van der Waals surface area contributed by atoms with E-state index in [0.29, 0.717) is 36.0 Å². The van der Waals surface area contributed by atoms with Crippen LogP contribution in [0.5, 0.6) is 0 Å². The number of aryl methyl sites for hydroxylation is 1. The van der Waals surface area contributed by atoms with Crippen molar-refractivity contribution in [1.82, 2.24) is 15.5 Å². The first-order chi connectivity index (χ1) is 12.5. The molecule has 8 heteroatoms. The Morgan fingerprint density at radius 2 is 2.00 bits per heavy atom. The van der Waals surface area contributed by atoms with Gasteiger partial charge in [0.15, 0.2) is 0 Å². The van der Waals surface area contributed by atoms with Crippen LogP contribution in [0.25, 0.3) is 11.4 Å². The van der Waals surface area contributed by atoms with Gasteiger partial charge in [-0.3, -0.25) is 9.59 Å². The second-order valence-corrected chi connectivity index (χ2v) is 7.06. The van der Waals surface area contributed by atoms with Crippen LogP contribution in [-0.4, -0.2) is 32.7 Å². The highest BCUT2D eigenvalue weighted by molar-refractivity contribution is 6.30. The highest BCUT2D eigenvalue weighted by Crippen LogP contribution is 2.35. The number of nitrogens with zero attached hydrogens (tertiary/aromatic N) is 2. The van der Waals surface area contributed by atoms with Crippen LogP contribution >= 0.6 is 11.6 Å². The third kappa shape index (κ3) is 4.60. The van der Waals surface area contributed by atoms with E-state index in [1.807, 2.05) is 12.1 Å². The summed E-state index contributed by atoms with van der Waals surface area (Å²) in [4.78, 5) is 27.4. The topological polar surface area (TPSA) is 105 Å². The zero-order valence-electron chi connectivity index (χ0n) is 14.2. The Balaban J connectivity index is 1.47. The van der Waals surface area contributed by atoms with Gasteiger partial charge in [-0.2, -0.15) is 4.98 Å². The highest BCUT2D eigenvalue weighted by Gasteiger charge is 2.40. The van der Waals surface area contributed by atoms with E-state index >= 15 is 0 Å². The van der Waals surface area contributed by atoms with Gasteiger partial charge >= 0.3 is 5.97 Å². The maximum atomic E-state index is 12.1. The monoisotopic (exact) mass is 377 g/mol. The van der Waals surface area contributed by atoms with E-state index in [1.165, 1.54) is 0 Å². The molecule has 3 rings (SSSR count). The van der Waals surface area contributed by atoms with Crippen molar-refractivity contribution < 1.29 is 19.2 Å². The van der Waals surface area contributed by atoms with Crippen LogP contribution in [0.1, 0.15) is 44.4 Å². The van der Waals surface area contributed by atoms with Crippen molar-refractivity contribution in [3.05, 3.63) is 35.2 Å². The molecule has 1 aromatic carbocycles. The van der Waals surface area contributed by atoms with E-state index in [2.05, 4.69) is 15.5 Å². The minimum absolute atomic E-state index is 0.0210. The summed E-state index contributed by atoms with van der Waals surface area (Å²) in [5.74, 6) is -0.0726. The van der Waals surface area contributed by atoms with Crippen molar-refractivity contribution in [1.29, 1.82) is 0 Å². The van der Waals surface area contributed by atoms with E-state index in [9.17, 15) is 9.59 Å². The van der Waals surface area contributed by atoms with Gasteiger partial charge < -0.3 is 14.9 Å². The van der Waals surface area contributed by atoms with Gasteiger partial charge in [0.05, 0.1) is 12.0 Å². The number of aliphatic carboxylic acids is 1. The predicted molar refractivity (Wildman–Crippen MR) is 94.7 cm³/mol. The van der Waals surface area contributed by atoms with E-state index < -0.39 is 11.5 Å². The first-order valence-electron chi connectivity index (χ1n) is 8.57. The molecule has 26 heavy (non-hydrogen) atoms. The number of carboxylic acids is 1. The van der Waals surface area contributed by atoms with Crippen molar-refractivity contribution in [3.8, 4) is 11.4 Å². The predicted octanol–water partition coefficient (Wildman–Crippen LogP) is 3.23. The highest BCUT2D eigenvalue weighted by atomic mass is 35.5. The summed E-state index contributed by atoms with van der Waals surface area (Å²) in [5, 5.41) is 16.4.